The topological polar surface area (TPSA) is 231 Å². The lowest BCUT2D eigenvalue weighted by atomic mass is 10.0. The predicted molar refractivity (Wildman–Crippen MR) is 399 cm³/mol. The lowest BCUT2D eigenvalue weighted by Gasteiger charge is -2.21. The molecular formula is C79H146O16P2. The number of carbonyl (C=O) groups excluding carboxylic acids is 3. The summed E-state index contributed by atoms with van der Waals surface area (Å²) in [6.45, 7) is 2.63. The van der Waals surface area contributed by atoms with Crippen molar-refractivity contribution in [1.29, 1.82) is 0 Å². The van der Waals surface area contributed by atoms with E-state index in [1.54, 1.807) is 0 Å². The summed E-state index contributed by atoms with van der Waals surface area (Å²) in [5, 5.41) is 20.6. The van der Waals surface area contributed by atoms with Crippen LogP contribution in [0.3, 0.4) is 0 Å². The molecule has 0 rings (SSSR count). The fraction of sp³-hybridized carbons (Fsp3) is 0.835. The Balaban J connectivity index is 4.26. The van der Waals surface area contributed by atoms with Gasteiger partial charge in [0.25, 0.3) is 0 Å². The van der Waals surface area contributed by atoms with Crippen LogP contribution in [-0.2, 0) is 55.8 Å². The van der Waals surface area contributed by atoms with Crippen LogP contribution < -0.4 is 0 Å². The lowest BCUT2D eigenvalue weighted by molar-refractivity contribution is -0.161. The van der Waals surface area contributed by atoms with Gasteiger partial charge in [0.05, 0.1) is 26.4 Å². The van der Waals surface area contributed by atoms with Gasteiger partial charge in [-0.3, -0.25) is 32.5 Å². The van der Waals surface area contributed by atoms with Gasteiger partial charge < -0.3 is 34.2 Å². The largest absolute Gasteiger partial charge is 0.472 e. The molecule has 5 unspecified atom stereocenters. The van der Waals surface area contributed by atoms with E-state index in [1.807, 2.05) is 0 Å². The normalized spacial score (nSPS) is 14.3. The molecule has 0 fully saturated rings. The molecule has 4 N–H and O–H groups in total. The number of aliphatic hydroxyl groups excluding tert-OH is 2. The molecule has 568 valence electrons. The Labute approximate surface area is 592 Å². The third-order valence-electron chi connectivity index (χ3n) is 17.3. The molecule has 0 spiro atoms. The van der Waals surface area contributed by atoms with Crippen LogP contribution in [0, 0.1) is 0 Å². The Hall–Kier alpha value is -2.75. The standard InChI is InChI=1S/C79H146O16P2/c1-4-7-10-13-16-19-22-25-26-27-28-29-30-31-32-33-34-35-36-37-38-39-40-41-42-43-44-45-46-49-51-53-56-59-62-65-77(82)89-68-74(80)69-91-96(85,86)92-70-75(81)71-93-97(87,88)94-73-76(95-79(84)67-64-61-58-55-52-48-24-21-18-15-12-9-6-3)72-90-78(83)66-63-60-57-54-50-47-23-20-17-14-11-8-5-2/h7,10,16,19,25-26,28-29,31-32,74-76,80-81H,4-6,8-9,11-15,17-18,20-24,27,30,33-73H2,1-3H3,(H,85,86)(H,87,88)/b10-7-,19-16-,26-25-,29-28-,32-31-. The summed E-state index contributed by atoms with van der Waals surface area (Å²) in [5.41, 5.74) is 0. The fourth-order valence-corrected chi connectivity index (χ4v) is 12.8. The minimum absolute atomic E-state index is 0.114. The molecule has 18 heteroatoms. The maximum atomic E-state index is 12.9. The van der Waals surface area contributed by atoms with Crippen LogP contribution in [-0.4, -0.2) is 95.9 Å². The van der Waals surface area contributed by atoms with E-state index >= 15 is 0 Å². The molecule has 97 heavy (non-hydrogen) atoms. The molecule has 5 atom stereocenters. The molecule has 16 nitrogen and oxygen atoms in total. The average molecular weight is 1410 g/mol. The molecule has 0 aliphatic heterocycles. The van der Waals surface area contributed by atoms with E-state index in [0.29, 0.717) is 19.3 Å². The Kier molecular flexibility index (Phi) is 70.9. The van der Waals surface area contributed by atoms with Crippen molar-refractivity contribution in [3.05, 3.63) is 60.8 Å². The highest BCUT2D eigenvalue weighted by Crippen LogP contribution is 2.45. The van der Waals surface area contributed by atoms with Gasteiger partial charge in [0.15, 0.2) is 6.10 Å². The number of ether oxygens (including phenoxy) is 3. The van der Waals surface area contributed by atoms with Crippen LogP contribution in [0.5, 0.6) is 0 Å². The Morgan fingerprint density at radius 3 is 0.866 bits per heavy atom. The van der Waals surface area contributed by atoms with Crippen LogP contribution in [0.1, 0.15) is 367 Å². The van der Waals surface area contributed by atoms with Gasteiger partial charge in [-0.05, 0) is 64.2 Å². The number of hydrogen-bond donors (Lipinski definition) is 4. The van der Waals surface area contributed by atoms with E-state index in [0.717, 1.165) is 96.3 Å². The van der Waals surface area contributed by atoms with Crippen molar-refractivity contribution >= 4 is 33.6 Å². The summed E-state index contributed by atoms with van der Waals surface area (Å²) >= 11 is 0. The first-order valence-corrected chi connectivity index (χ1v) is 42.6. The summed E-state index contributed by atoms with van der Waals surface area (Å²) in [7, 11) is -9.76. The molecule has 0 aromatic heterocycles. The molecular weight excluding hydrogens is 1270 g/mol. The second-order valence-corrected chi connectivity index (χ2v) is 29.8. The van der Waals surface area contributed by atoms with Crippen molar-refractivity contribution in [2.24, 2.45) is 0 Å². The number of allylic oxidation sites excluding steroid dienone is 10. The van der Waals surface area contributed by atoms with Crippen LogP contribution >= 0.6 is 15.6 Å². The predicted octanol–water partition coefficient (Wildman–Crippen LogP) is 22.9. The first kappa shape index (κ1) is 94.2. The van der Waals surface area contributed by atoms with Crippen LogP contribution in [0.2, 0.25) is 0 Å². The van der Waals surface area contributed by atoms with Crippen molar-refractivity contribution in [1.82, 2.24) is 0 Å². The molecule has 0 saturated carbocycles. The van der Waals surface area contributed by atoms with Crippen molar-refractivity contribution in [2.75, 3.05) is 39.6 Å². The zero-order chi connectivity index (χ0) is 70.9. The van der Waals surface area contributed by atoms with Gasteiger partial charge in [-0.15, -0.1) is 0 Å². The molecule has 0 radical (unpaired) electrons. The van der Waals surface area contributed by atoms with Crippen molar-refractivity contribution in [3.8, 4) is 0 Å². The number of aliphatic hydroxyl groups is 2. The second kappa shape index (κ2) is 73.0. The maximum Gasteiger partial charge on any atom is 0.472 e. The highest BCUT2D eigenvalue weighted by atomic mass is 31.2. The third kappa shape index (κ3) is 74.3. The minimum atomic E-state index is -4.91. The Bertz CT molecular complexity index is 2010. The quantitative estimate of drug-likeness (QED) is 0.0146. The summed E-state index contributed by atoms with van der Waals surface area (Å²) in [6.07, 6.45) is 78.7. The number of esters is 3. The molecule has 0 aromatic rings. The van der Waals surface area contributed by atoms with Crippen LogP contribution in [0.25, 0.3) is 0 Å². The molecule has 0 aromatic carbocycles. The van der Waals surface area contributed by atoms with Gasteiger partial charge in [-0.2, -0.15) is 0 Å². The Morgan fingerprint density at radius 1 is 0.299 bits per heavy atom. The number of phosphoric ester groups is 2. The molecule has 0 saturated heterocycles. The zero-order valence-electron chi connectivity index (χ0n) is 62.0. The lowest BCUT2D eigenvalue weighted by Crippen LogP contribution is -2.30. The molecule has 0 bridgehead atoms. The molecule has 0 amide bonds. The summed E-state index contributed by atoms with van der Waals surface area (Å²) in [4.78, 5) is 58.4. The van der Waals surface area contributed by atoms with Crippen molar-refractivity contribution < 1.29 is 75.8 Å². The van der Waals surface area contributed by atoms with Gasteiger partial charge in [0, 0.05) is 19.3 Å². The first-order valence-electron chi connectivity index (χ1n) is 39.6. The van der Waals surface area contributed by atoms with E-state index in [9.17, 15) is 43.5 Å². The highest BCUT2D eigenvalue weighted by molar-refractivity contribution is 7.47. The summed E-state index contributed by atoms with van der Waals surface area (Å²) < 4.78 is 61.0. The smallest absolute Gasteiger partial charge is 0.463 e. The average Bonchev–Trinajstić information content (AvgIpc) is 1.57. The van der Waals surface area contributed by atoms with E-state index in [4.69, 9.17) is 32.3 Å². The number of unbranched alkanes of at least 4 members (excludes halogenated alkanes) is 43. The zero-order valence-corrected chi connectivity index (χ0v) is 63.8. The Morgan fingerprint density at radius 2 is 0.546 bits per heavy atom. The van der Waals surface area contributed by atoms with Crippen molar-refractivity contribution in [3.63, 3.8) is 0 Å². The van der Waals surface area contributed by atoms with E-state index < -0.39 is 91.5 Å². The first-order chi connectivity index (χ1) is 47.2. The fourth-order valence-electron chi connectivity index (χ4n) is 11.2. The number of hydrogen-bond acceptors (Lipinski definition) is 14. The molecule has 0 aliphatic rings. The van der Waals surface area contributed by atoms with Crippen LogP contribution in [0.4, 0.5) is 0 Å². The van der Waals surface area contributed by atoms with E-state index in [-0.39, 0.29) is 19.3 Å². The molecule has 0 heterocycles. The van der Waals surface area contributed by atoms with Gasteiger partial charge in [0.2, 0.25) is 0 Å². The monoisotopic (exact) mass is 1410 g/mol. The van der Waals surface area contributed by atoms with E-state index in [1.165, 1.54) is 212 Å². The second-order valence-electron chi connectivity index (χ2n) is 26.9. The molecule has 0 aliphatic carbocycles. The third-order valence-corrected chi connectivity index (χ3v) is 19.2. The maximum absolute atomic E-state index is 12.9. The van der Waals surface area contributed by atoms with Gasteiger partial charge in [-0.25, -0.2) is 9.13 Å². The number of rotatable bonds is 76. The number of carbonyl (C=O) groups is 3. The van der Waals surface area contributed by atoms with Gasteiger partial charge in [-0.1, -0.05) is 345 Å². The SMILES string of the molecule is CC/C=C\C/C=C\C/C=C\C/C=C\C/C=C\CCCCCCCCCCCCCCCCCCCCCC(=O)OCC(O)COP(=O)(O)OCC(O)COP(=O)(O)OCC(COC(=O)CCCCCCCCCCCCCCC)OC(=O)CCCCCCCCCCCCCCC. The highest BCUT2D eigenvalue weighted by Gasteiger charge is 2.29. The van der Waals surface area contributed by atoms with Gasteiger partial charge in [0.1, 0.15) is 25.4 Å². The summed E-state index contributed by atoms with van der Waals surface area (Å²) in [6, 6.07) is 0. The van der Waals surface area contributed by atoms with Crippen LogP contribution in [0.15, 0.2) is 60.8 Å². The van der Waals surface area contributed by atoms with Crippen molar-refractivity contribution in [2.45, 2.75) is 386 Å². The summed E-state index contributed by atoms with van der Waals surface area (Å²) in [5.74, 6) is -1.55. The number of phosphoric acid groups is 2. The minimum Gasteiger partial charge on any atom is -0.463 e. The van der Waals surface area contributed by atoms with Gasteiger partial charge >= 0.3 is 33.6 Å². The van der Waals surface area contributed by atoms with E-state index in [2.05, 4.69) is 81.5 Å².